The van der Waals surface area contributed by atoms with Crippen molar-refractivity contribution in [3.8, 4) is 28.7 Å². The summed E-state index contributed by atoms with van der Waals surface area (Å²) in [5.41, 5.74) is 1.80. The minimum atomic E-state index is -1.02. The van der Waals surface area contributed by atoms with Crippen LogP contribution in [0, 0.1) is 0 Å². The average molecular weight is 533 g/mol. The van der Waals surface area contributed by atoms with Gasteiger partial charge in [0.1, 0.15) is 11.5 Å². The number of anilines is 1. The molecule has 1 amide bonds. The van der Waals surface area contributed by atoms with Crippen molar-refractivity contribution in [3.63, 3.8) is 0 Å². The van der Waals surface area contributed by atoms with Gasteiger partial charge in [-0.15, -0.1) is 0 Å². The Morgan fingerprint density at radius 2 is 1.75 bits per heavy atom. The molecule has 3 aromatic carbocycles. The third kappa shape index (κ3) is 6.12. The topological polar surface area (TPSA) is 115 Å². The minimum Gasteiger partial charge on any atom is -0.508 e. The molecular weight excluding hydrogens is 511 g/mol. The van der Waals surface area contributed by atoms with E-state index >= 15 is 0 Å². The van der Waals surface area contributed by atoms with Crippen LogP contribution in [-0.2, 0) is 27.4 Å². The van der Waals surface area contributed by atoms with Gasteiger partial charge in [0.2, 0.25) is 6.79 Å². The third-order valence-electron chi connectivity index (χ3n) is 5.07. The average Bonchev–Trinajstić information content (AvgIpc) is 3.31. The summed E-state index contributed by atoms with van der Waals surface area (Å²) in [4.78, 5) is 23.4. The van der Waals surface area contributed by atoms with Gasteiger partial charge in [-0.1, -0.05) is 29.3 Å². The van der Waals surface area contributed by atoms with Crippen LogP contribution in [-0.4, -0.2) is 30.4 Å². The first-order valence-corrected chi connectivity index (χ1v) is 11.7. The monoisotopic (exact) mass is 532 g/mol. The summed E-state index contributed by atoms with van der Waals surface area (Å²) in [6, 6.07) is 13.2. The molecule has 1 heterocycles. The SMILES string of the molecule is CCOC(=O)C(=O)Nc1cc(Cl)c(Oc2ccc(O)c(CNCc3ccc4c(c3)OCO4)c2)c(Cl)c1. The number of halogens is 2. The van der Waals surface area contributed by atoms with E-state index in [9.17, 15) is 14.7 Å². The highest BCUT2D eigenvalue weighted by molar-refractivity contribution is 6.39. The molecule has 1 aliphatic rings. The second-order valence-electron chi connectivity index (χ2n) is 7.63. The van der Waals surface area contributed by atoms with Crippen LogP contribution in [0.4, 0.5) is 5.69 Å². The highest BCUT2D eigenvalue weighted by Crippen LogP contribution is 2.39. The van der Waals surface area contributed by atoms with Gasteiger partial charge in [0.25, 0.3) is 0 Å². The van der Waals surface area contributed by atoms with Gasteiger partial charge in [-0.25, -0.2) is 4.79 Å². The molecule has 1 aliphatic heterocycles. The molecule has 0 atom stereocenters. The number of benzene rings is 3. The smallest absolute Gasteiger partial charge is 0.397 e. The lowest BCUT2D eigenvalue weighted by Crippen LogP contribution is -2.24. The first kappa shape index (κ1) is 25.4. The van der Waals surface area contributed by atoms with Gasteiger partial charge in [0, 0.05) is 24.3 Å². The summed E-state index contributed by atoms with van der Waals surface area (Å²) in [7, 11) is 0. The zero-order valence-corrected chi connectivity index (χ0v) is 20.6. The van der Waals surface area contributed by atoms with E-state index in [1.807, 2.05) is 18.2 Å². The summed E-state index contributed by atoms with van der Waals surface area (Å²) in [6.07, 6.45) is 0. The number of carbonyl (C=O) groups is 2. The second-order valence-corrected chi connectivity index (χ2v) is 8.44. The molecule has 0 saturated carbocycles. The van der Waals surface area contributed by atoms with Crippen LogP contribution in [0.5, 0.6) is 28.7 Å². The second kappa shape index (κ2) is 11.4. The van der Waals surface area contributed by atoms with Gasteiger partial charge in [-0.3, -0.25) is 4.79 Å². The van der Waals surface area contributed by atoms with Crippen molar-refractivity contribution in [2.75, 3.05) is 18.7 Å². The number of hydrogen-bond donors (Lipinski definition) is 3. The first-order chi connectivity index (χ1) is 17.3. The Bertz CT molecular complexity index is 1280. The van der Waals surface area contributed by atoms with E-state index in [-0.39, 0.29) is 40.6 Å². The van der Waals surface area contributed by atoms with E-state index in [4.69, 9.17) is 37.4 Å². The standard InChI is InChI=1S/C25H22Cl2N2O7/c1-2-33-25(32)24(31)29-16-9-18(26)23(19(27)10-16)36-17-4-5-20(30)15(8-17)12-28-11-14-3-6-21-22(7-14)35-13-34-21/h3-10,28,30H,2,11-13H2,1H3,(H,29,31). The largest absolute Gasteiger partial charge is 0.508 e. The lowest BCUT2D eigenvalue weighted by molar-refractivity contribution is -0.152. The van der Waals surface area contributed by atoms with Gasteiger partial charge < -0.3 is 34.7 Å². The molecule has 11 heteroatoms. The fraction of sp³-hybridized carbons (Fsp3) is 0.200. The highest BCUT2D eigenvalue weighted by Gasteiger charge is 2.18. The van der Waals surface area contributed by atoms with E-state index in [1.165, 1.54) is 18.2 Å². The van der Waals surface area contributed by atoms with Gasteiger partial charge in [0.15, 0.2) is 17.2 Å². The number of ether oxygens (including phenoxy) is 4. The lowest BCUT2D eigenvalue weighted by Gasteiger charge is -2.14. The van der Waals surface area contributed by atoms with Crippen molar-refractivity contribution in [1.29, 1.82) is 0 Å². The van der Waals surface area contributed by atoms with Crippen molar-refractivity contribution in [1.82, 2.24) is 5.32 Å². The number of nitrogens with one attached hydrogen (secondary N) is 2. The van der Waals surface area contributed by atoms with Gasteiger partial charge in [-0.05, 0) is 55.0 Å². The van der Waals surface area contributed by atoms with E-state index < -0.39 is 11.9 Å². The lowest BCUT2D eigenvalue weighted by atomic mass is 10.1. The van der Waals surface area contributed by atoms with Gasteiger partial charge in [-0.2, -0.15) is 0 Å². The molecule has 0 aromatic heterocycles. The molecule has 0 unspecified atom stereocenters. The Balaban J connectivity index is 1.40. The third-order valence-corrected chi connectivity index (χ3v) is 5.63. The fourth-order valence-electron chi connectivity index (χ4n) is 3.39. The van der Waals surface area contributed by atoms with E-state index in [2.05, 4.69) is 15.4 Å². The number of fused-ring (bicyclic) bond motifs is 1. The zero-order chi connectivity index (χ0) is 25.7. The Labute approximate surface area is 216 Å². The summed E-state index contributed by atoms with van der Waals surface area (Å²) >= 11 is 12.6. The molecule has 36 heavy (non-hydrogen) atoms. The van der Waals surface area contributed by atoms with Crippen molar-refractivity contribution in [2.24, 2.45) is 0 Å². The molecule has 9 nitrogen and oxygen atoms in total. The van der Waals surface area contributed by atoms with Gasteiger partial charge >= 0.3 is 11.9 Å². The fourth-order valence-corrected chi connectivity index (χ4v) is 3.95. The molecule has 0 spiro atoms. The predicted octanol–water partition coefficient (Wildman–Crippen LogP) is 5.01. The maximum Gasteiger partial charge on any atom is 0.397 e. The quantitative estimate of drug-likeness (QED) is 0.274. The molecule has 3 aromatic rings. The molecule has 0 aliphatic carbocycles. The van der Waals surface area contributed by atoms with Crippen LogP contribution in [0.3, 0.4) is 0 Å². The first-order valence-electron chi connectivity index (χ1n) is 10.9. The summed E-state index contributed by atoms with van der Waals surface area (Å²) in [6.45, 7) is 2.78. The Kier molecular flexibility index (Phi) is 8.04. The van der Waals surface area contributed by atoms with Crippen LogP contribution in [0.1, 0.15) is 18.1 Å². The highest BCUT2D eigenvalue weighted by atomic mass is 35.5. The number of amides is 1. The predicted molar refractivity (Wildman–Crippen MR) is 133 cm³/mol. The summed E-state index contributed by atoms with van der Waals surface area (Å²) < 4.78 is 21.2. The van der Waals surface area contributed by atoms with Crippen molar-refractivity contribution < 1.29 is 33.6 Å². The zero-order valence-electron chi connectivity index (χ0n) is 19.1. The van der Waals surface area contributed by atoms with Crippen molar-refractivity contribution in [2.45, 2.75) is 20.0 Å². The number of carbonyl (C=O) groups excluding carboxylic acids is 2. The molecule has 4 rings (SSSR count). The molecular formula is C25H22Cl2N2O7. The molecule has 0 saturated heterocycles. The van der Waals surface area contributed by atoms with Crippen molar-refractivity contribution >= 4 is 40.8 Å². The number of rotatable bonds is 8. The Hall–Kier alpha value is -3.66. The number of hydrogen-bond acceptors (Lipinski definition) is 8. The molecule has 188 valence electrons. The van der Waals surface area contributed by atoms with Crippen LogP contribution in [0.25, 0.3) is 0 Å². The van der Waals surface area contributed by atoms with Crippen LogP contribution in [0.15, 0.2) is 48.5 Å². The van der Waals surface area contributed by atoms with Crippen molar-refractivity contribution in [3.05, 3.63) is 69.7 Å². The summed E-state index contributed by atoms with van der Waals surface area (Å²) in [5.74, 6) is 0.0793. The Morgan fingerprint density at radius 3 is 2.50 bits per heavy atom. The van der Waals surface area contributed by atoms with E-state index in [1.54, 1.807) is 19.1 Å². The number of phenolic OH excluding ortho intramolecular Hbond substituents is 1. The number of phenols is 1. The molecule has 0 radical (unpaired) electrons. The summed E-state index contributed by atoms with van der Waals surface area (Å²) in [5, 5.41) is 16.1. The van der Waals surface area contributed by atoms with E-state index in [0.717, 1.165) is 5.56 Å². The maximum atomic E-state index is 11.9. The normalized spacial score (nSPS) is 11.8. The van der Waals surface area contributed by atoms with Crippen LogP contribution >= 0.6 is 23.2 Å². The number of aromatic hydroxyl groups is 1. The van der Waals surface area contributed by atoms with Crippen LogP contribution < -0.4 is 24.8 Å². The molecule has 0 bridgehead atoms. The maximum absolute atomic E-state index is 11.9. The number of esters is 1. The minimum absolute atomic E-state index is 0.0725. The van der Waals surface area contributed by atoms with E-state index in [0.29, 0.717) is 35.9 Å². The van der Waals surface area contributed by atoms with Crippen LogP contribution in [0.2, 0.25) is 10.0 Å². The Morgan fingerprint density at radius 1 is 1.00 bits per heavy atom. The van der Waals surface area contributed by atoms with Gasteiger partial charge in [0.05, 0.1) is 16.7 Å². The molecule has 3 N–H and O–H groups in total. The molecule has 0 fully saturated rings.